The van der Waals surface area contributed by atoms with Crippen molar-refractivity contribution < 1.29 is 9.53 Å². The lowest BCUT2D eigenvalue weighted by atomic mass is 10.2. The molecular weight excluding hydrogens is 406 g/mol. The number of rotatable bonds is 7. The first-order valence-corrected chi connectivity index (χ1v) is 11.9. The van der Waals surface area contributed by atoms with Crippen LogP contribution in [0, 0.1) is 6.92 Å². The normalized spacial score (nSPS) is 15.0. The van der Waals surface area contributed by atoms with Crippen LogP contribution in [0.4, 0.5) is 0 Å². The van der Waals surface area contributed by atoms with Gasteiger partial charge in [-0.3, -0.25) is 4.79 Å². The maximum absolute atomic E-state index is 13.1. The van der Waals surface area contributed by atoms with Crippen LogP contribution < -0.4 is 10.1 Å². The van der Waals surface area contributed by atoms with Gasteiger partial charge in [0.05, 0.1) is 17.5 Å². The van der Waals surface area contributed by atoms with Gasteiger partial charge in [-0.25, -0.2) is 0 Å². The molecule has 0 saturated carbocycles. The molecule has 164 valence electrons. The zero-order chi connectivity index (χ0) is 21.6. The number of aromatic nitrogens is 1. The molecule has 1 fully saturated rings. The Morgan fingerprint density at radius 2 is 1.84 bits per heavy atom. The van der Waals surface area contributed by atoms with Crippen LogP contribution in [0.25, 0.3) is 10.9 Å². The van der Waals surface area contributed by atoms with Crippen LogP contribution in [-0.2, 0) is 0 Å². The number of nitrogens with zero attached hydrogens (tertiary/aromatic N) is 1. The van der Waals surface area contributed by atoms with Gasteiger partial charge in [0.15, 0.2) is 0 Å². The van der Waals surface area contributed by atoms with Crippen molar-refractivity contribution in [2.24, 2.45) is 0 Å². The molecule has 4 rings (SSSR count). The van der Waals surface area contributed by atoms with E-state index in [1.807, 2.05) is 18.2 Å². The lowest BCUT2D eigenvalue weighted by Gasteiger charge is -2.19. The van der Waals surface area contributed by atoms with E-state index < -0.39 is 0 Å². The van der Waals surface area contributed by atoms with Gasteiger partial charge >= 0.3 is 0 Å². The summed E-state index contributed by atoms with van der Waals surface area (Å²) in [7, 11) is 1.66. The third-order valence-corrected chi connectivity index (χ3v) is 6.97. The second-order valence-corrected chi connectivity index (χ2v) is 9.25. The van der Waals surface area contributed by atoms with Crippen molar-refractivity contribution in [2.75, 3.05) is 33.3 Å². The molecule has 0 bridgehead atoms. The minimum absolute atomic E-state index is 0.0559. The van der Waals surface area contributed by atoms with E-state index in [-0.39, 0.29) is 5.91 Å². The lowest BCUT2D eigenvalue weighted by molar-refractivity contribution is 0.0941. The largest absolute Gasteiger partial charge is 0.497 e. The summed E-state index contributed by atoms with van der Waals surface area (Å²) in [5, 5.41) is 4.17. The van der Waals surface area contributed by atoms with Crippen molar-refractivity contribution >= 4 is 28.6 Å². The van der Waals surface area contributed by atoms with Crippen molar-refractivity contribution in [3.63, 3.8) is 0 Å². The quantitative estimate of drug-likeness (QED) is 0.531. The Bertz CT molecular complexity index is 1020. The Hall–Kier alpha value is -2.44. The third-order valence-electron chi connectivity index (χ3n) is 5.84. The summed E-state index contributed by atoms with van der Waals surface area (Å²) in [6.45, 7) is 5.91. The van der Waals surface area contributed by atoms with Gasteiger partial charge in [0.25, 0.3) is 5.91 Å². The fraction of sp³-hybridized carbons (Fsp3) is 0.400. The van der Waals surface area contributed by atoms with E-state index in [0.717, 1.165) is 46.1 Å². The molecule has 1 aliphatic rings. The van der Waals surface area contributed by atoms with Crippen LogP contribution in [0.2, 0.25) is 0 Å². The second-order valence-electron chi connectivity index (χ2n) is 8.17. The number of hydrogen-bond donors (Lipinski definition) is 2. The van der Waals surface area contributed by atoms with Crippen LogP contribution in [-0.4, -0.2) is 49.1 Å². The fourth-order valence-electron chi connectivity index (χ4n) is 4.04. The molecule has 2 heterocycles. The van der Waals surface area contributed by atoms with E-state index in [1.54, 1.807) is 18.9 Å². The highest BCUT2D eigenvalue weighted by Gasteiger charge is 2.20. The molecular formula is C25H31N3O2S. The Morgan fingerprint density at radius 1 is 1.10 bits per heavy atom. The molecule has 0 aliphatic carbocycles. The molecule has 0 unspecified atom stereocenters. The summed E-state index contributed by atoms with van der Waals surface area (Å²) in [4.78, 5) is 21.0. The summed E-state index contributed by atoms with van der Waals surface area (Å²) in [5.41, 5.74) is 2.75. The molecule has 5 nitrogen and oxygen atoms in total. The van der Waals surface area contributed by atoms with Gasteiger partial charge in [-0.05, 0) is 57.1 Å². The van der Waals surface area contributed by atoms with Crippen LogP contribution >= 0.6 is 11.8 Å². The number of carbonyl (C=O) groups excluding carboxylic acids is 1. The Balaban J connectivity index is 1.54. The molecule has 0 atom stereocenters. The van der Waals surface area contributed by atoms with Crippen LogP contribution in [0.3, 0.4) is 0 Å². The molecule has 6 heteroatoms. The van der Waals surface area contributed by atoms with Crippen LogP contribution in [0.1, 0.15) is 41.7 Å². The number of ether oxygens (including phenoxy) is 1. The van der Waals surface area contributed by atoms with E-state index in [1.165, 1.54) is 31.2 Å². The average Bonchev–Trinajstić information content (AvgIpc) is 2.94. The second kappa shape index (κ2) is 10.2. The van der Waals surface area contributed by atoms with E-state index in [2.05, 4.69) is 46.4 Å². The number of benzene rings is 2. The third kappa shape index (κ3) is 5.43. The maximum Gasteiger partial charge on any atom is 0.268 e. The number of methoxy groups -OCH3 is 1. The maximum atomic E-state index is 13.1. The standard InChI is InChI=1S/C25H31N3O2S/c1-18-7-10-20(11-8-18)31-24-21-12-9-19(30-2)17-22(21)27-23(24)25(29)26-13-16-28-14-5-3-4-6-15-28/h7-12,17,27H,3-6,13-16H2,1-2H3,(H,26,29). The zero-order valence-electron chi connectivity index (χ0n) is 18.4. The summed E-state index contributed by atoms with van der Waals surface area (Å²) in [5.74, 6) is 0.716. The van der Waals surface area contributed by atoms with E-state index in [4.69, 9.17) is 4.74 Å². The van der Waals surface area contributed by atoms with E-state index in [0.29, 0.717) is 12.2 Å². The van der Waals surface area contributed by atoms with Gasteiger partial charge in [0.1, 0.15) is 11.4 Å². The molecule has 1 saturated heterocycles. The zero-order valence-corrected chi connectivity index (χ0v) is 19.2. The molecule has 2 N–H and O–H groups in total. The predicted octanol–water partition coefficient (Wildman–Crippen LogP) is 5.24. The summed E-state index contributed by atoms with van der Waals surface area (Å²) >= 11 is 1.62. The predicted molar refractivity (Wildman–Crippen MR) is 127 cm³/mol. The topological polar surface area (TPSA) is 57.4 Å². The highest BCUT2D eigenvalue weighted by molar-refractivity contribution is 7.99. The first-order chi connectivity index (χ1) is 15.1. The first-order valence-electron chi connectivity index (χ1n) is 11.1. The van der Waals surface area contributed by atoms with Crippen molar-refractivity contribution in [2.45, 2.75) is 42.4 Å². The number of aryl methyl sites for hydroxylation is 1. The summed E-state index contributed by atoms with van der Waals surface area (Å²) < 4.78 is 5.37. The SMILES string of the molecule is COc1ccc2c(Sc3ccc(C)cc3)c(C(=O)NCCN3CCCCCC3)[nH]c2c1. The first kappa shape index (κ1) is 21.8. The Morgan fingerprint density at radius 3 is 2.55 bits per heavy atom. The number of aromatic amines is 1. The van der Waals surface area contributed by atoms with Gasteiger partial charge in [-0.15, -0.1) is 0 Å². The van der Waals surface area contributed by atoms with Crippen LogP contribution in [0.5, 0.6) is 5.75 Å². The van der Waals surface area contributed by atoms with Crippen molar-refractivity contribution in [3.8, 4) is 5.75 Å². The number of nitrogens with one attached hydrogen (secondary N) is 2. The van der Waals surface area contributed by atoms with E-state index in [9.17, 15) is 4.79 Å². The number of amides is 1. The van der Waals surface area contributed by atoms with Gasteiger partial charge in [-0.2, -0.15) is 0 Å². The van der Waals surface area contributed by atoms with Gasteiger partial charge < -0.3 is 19.9 Å². The average molecular weight is 438 g/mol. The fourth-order valence-corrected chi connectivity index (χ4v) is 5.09. The summed E-state index contributed by atoms with van der Waals surface area (Å²) in [6.07, 6.45) is 5.16. The number of carbonyl (C=O) groups is 1. The van der Waals surface area contributed by atoms with Crippen molar-refractivity contribution in [1.82, 2.24) is 15.2 Å². The molecule has 31 heavy (non-hydrogen) atoms. The molecule has 0 spiro atoms. The highest BCUT2D eigenvalue weighted by Crippen LogP contribution is 2.38. The number of hydrogen-bond acceptors (Lipinski definition) is 4. The van der Waals surface area contributed by atoms with Gasteiger partial charge in [-0.1, -0.05) is 42.3 Å². The molecule has 1 aromatic heterocycles. The molecule has 3 aromatic rings. The Kier molecular flexibility index (Phi) is 7.20. The van der Waals surface area contributed by atoms with Gasteiger partial charge in [0.2, 0.25) is 0 Å². The molecule has 0 radical (unpaired) electrons. The smallest absolute Gasteiger partial charge is 0.268 e. The number of H-pyrrole nitrogens is 1. The molecule has 1 aliphatic heterocycles. The van der Waals surface area contributed by atoms with E-state index >= 15 is 0 Å². The summed E-state index contributed by atoms with van der Waals surface area (Å²) in [6, 6.07) is 14.3. The lowest BCUT2D eigenvalue weighted by Crippen LogP contribution is -2.35. The van der Waals surface area contributed by atoms with Crippen molar-refractivity contribution in [1.29, 1.82) is 0 Å². The van der Waals surface area contributed by atoms with Crippen LogP contribution in [0.15, 0.2) is 52.3 Å². The minimum Gasteiger partial charge on any atom is -0.497 e. The highest BCUT2D eigenvalue weighted by atomic mass is 32.2. The monoisotopic (exact) mass is 437 g/mol. The van der Waals surface area contributed by atoms with Gasteiger partial charge in [0, 0.05) is 29.4 Å². The molecule has 1 amide bonds. The molecule has 2 aromatic carbocycles. The number of likely N-dealkylation sites (tertiary alicyclic amines) is 1. The number of fused-ring (bicyclic) bond motifs is 1. The Labute approximate surface area is 188 Å². The van der Waals surface area contributed by atoms with Crippen molar-refractivity contribution in [3.05, 3.63) is 53.7 Å². The minimum atomic E-state index is -0.0559.